The van der Waals surface area contributed by atoms with E-state index >= 15 is 0 Å². The minimum atomic E-state index is -1.50. The number of hydrogen-bond acceptors (Lipinski definition) is 4. The quantitative estimate of drug-likeness (QED) is 0.631. The van der Waals surface area contributed by atoms with Crippen molar-refractivity contribution in [2.45, 2.75) is 19.4 Å². The Morgan fingerprint density at radius 3 is 2.25 bits per heavy atom. The van der Waals surface area contributed by atoms with Crippen LogP contribution in [0.1, 0.15) is 24.2 Å². The van der Waals surface area contributed by atoms with Gasteiger partial charge in [-0.3, -0.25) is 19.7 Å². The number of amides is 2. The van der Waals surface area contributed by atoms with Crippen LogP contribution in [0.3, 0.4) is 0 Å². The fraction of sp³-hybridized carbons (Fsp3) is 0.273. The van der Waals surface area contributed by atoms with Crippen LogP contribution in [-0.4, -0.2) is 22.3 Å². The molecule has 0 radical (unpaired) electrons. The normalized spacial score (nSPS) is 11.0. The maximum Gasteiger partial charge on any atom is 0.285 e. The SMILES string of the molecule is CC(C)(NC(=O)c1cc(F)c(F)cc1[N+](=O)[O-])C(N)=O. The molecule has 0 aromatic heterocycles. The molecule has 1 rings (SSSR count). The van der Waals surface area contributed by atoms with Crippen LogP contribution in [0.2, 0.25) is 0 Å². The summed E-state index contributed by atoms with van der Waals surface area (Å²) in [5.74, 6) is -4.88. The van der Waals surface area contributed by atoms with E-state index in [1.54, 1.807) is 0 Å². The number of benzene rings is 1. The van der Waals surface area contributed by atoms with Crippen molar-refractivity contribution >= 4 is 17.5 Å². The highest BCUT2D eigenvalue weighted by Crippen LogP contribution is 2.22. The van der Waals surface area contributed by atoms with Gasteiger partial charge in [0.25, 0.3) is 11.6 Å². The zero-order chi connectivity index (χ0) is 15.7. The molecule has 0 unspecified atom stereocenters. The average Bonchev–Trinajstić information content (AvgIpc) is 2.30. The van der Waals surface area contributed by atoms with Crippen molar-refractivity contribution in [3.8, 4) is 0 Å². The predicted molar refractivity (Wildman–Crippen MR) is 63.8 cm³/mol. The summed E-state index contributed by atoms with van der Waals surface area (Å²) in [5, 5.41) is 12.8. The van der Waals surface area contributed by atoms with Gasteiger partial charge in [0.1, 0.15) is 11.1 Å². The Labute approximate surface area is 111 Å². The fourth-order valence-electron chi connectivity index (χ4n) is 1.28. The second kappa shape index (κ2) is 5.19. The van der Waals surface area contributed by atoms with Gasteiger partial charge >= 0.3 is 0 Å². The van der Waals surface area contributed by atoms with Crippen LogP contribution in [-0.2, 0) is 4.79 Å². The van der Waals surface area contributed by atoms with E-state index in [1.165, 1.54) is 13.8 Å². The molecule has 0 heterocycles. The van der Waals surface area contributed by atoms with Crippen molar-refractivity contribution in [2.75, 3.05) is 0 Å². The summed E-state index contributed by atoms with van der Waals surface area (Å²) < 4.78 is 26.1. The number of rotatable bonds is 4. The van der Waals surface area contributed by atoms with Crippen molar-refractivity contribution in [1.29, 1.82) is 0 Å². The van der Waals surface area contributed by atoms with Crippen LogP contribution < -0.4 is 11.1 Å². The molecule has 20 heavy (non-hydrogen) atoms. The lowest BCUT2D eigenvalue weighted by atomic mass is 10.0. The largest absolute Gasteiger partial charge is 0.368 e. The molecule has 7 nitrogen and oxygen atoms in total. The van der Waals surface area contributed by atoms with Crippen LogP contribution in [0.15, 0.2) is 12.1 Å². The van der Waals surface area contributed by atoms with Gasteiger partial charge in [-0.15, -0.1) is 0 Å². The molecule has 2 amide bonds. The number of nitro benzene ring substituents is 1. The van der Waals surface area contributed by atoms with Gasteiger partial charge in [0.05, 0.1) is 11.0 Å². The summed E-state index contributed by atoms with van der Waals surface area (Å²) in [6.45, 7) is 2.53. The zero-order valence-corrected chi connectivity index (χ0v) is 10.6. The van der Waals surface area contributed by atoms with Gasteiger partial charge < -0.3 is 11.1 Å². The molecule has 0 bridgehead atoms. The van der Waals surface area contributed by atoms with Crippen LogP contribution in [0.25, 0.3) is 0 Å². The first kappa shape index (κ1) is 15.5. The highest BCUT2D eigenvalue weighted by Gasteiger charge is 2.31. The van der Waals surface area contributed by atoms with Crippen molar-refractivity contribution < 1.29 is 23.3 Å². The molecule has 0 aliphatic carbocycles. The highest BCUT2D eigenvalue weighted by atomic mass is 19.2. The molecule has 1 aromatic carbocycles. The molecule has 1 aromatic rings. The number of nitrogens with zero attached hydrogens (tertiary/aromatic N) is 1. The first-order chi connectivity index (χ1) is 9.06. The van der Waals surface area contributed by atoms with Gasteiger partial charge in [-0.25, -0.2) is 8.78 Å². The average molecular weight is 287 g/mol. The Hall–Kier alpha value is -2.58. The third kappa shape index (κ3) is 3.05. The Kier molecular flexibility index (Phi) is 4.02. The molecule has 0 atom stereocenters. The number of carbonyl (C=O) groups is 2. The molecule has 0 aliphatic rings. The maximum absolute atomic E-state index is 13.1. The summed E-state index contributed by atoms with van der Waals surface area (Å²) in [7, 11) is 0. The number of nitrogens with one attached hydrogen (secondary N) is 1. The van der Waals surface area contributed by atoms with E-state index < -0.39 is 45.2 Å². The molecular weight excluding hydrogens is 276 g/mol. The van der Waals surface area contributed by atoms with Crippen molar-refractivity contribution in [3.63, 3.8) is 0 Å². The molecular formula is C11H11F2N3O4. The molecule has 0 fully saturated rings. The molecule has 0 saturated carbocycles. The Balaban J connectivity index is 3.26. The number of primary amides is 1. The van der Waals surface area contributed by atoms with E-state index in [4.69, 9.17) is 5.73 Å². The van der Waals surface area contributed by atoms with Crippen molar-refractivity contribution in [2.24, 2.45) is 5.73 Å². The molecule has 108 valence electrons. The van der Waals surface area contributed by atoms with Crippen LogP contribution in [0.4, 0.5) is 14.5 Å². The topological polar surface area (TPSA) is 115 Å². The van der Waals surface area contributed by atoms with Gasteiger partial charge in [0, 0.05) is 0 Å². The smallest absolute Gasteiger partial charge is 0.285 e. The lowest BCUT2D eigenvalue weighted by Crippen LogP contribution is -2.53. The van der Waals surface area contributed by atoms with E-state index in [9.17, 15) is 28.5 Å². The van der Waals surface area contributed by atoms with Crippen LogP contribution in [0.5, 0.6) is 0 Å². The maximum atomic E-state index is 13.1. The van der Waals surface area contributed by atoms with E-state index in [1.807, 2.05) is 0 Å². The Morgan fingerprint density at radius 2 is 1.80 bits per heavy atom. The fourth-order valence-corrected chi connectivity index (χ4v) is 1.28. The van der Waals surface area contributed by atoms with E-state index in [-0.39, 0.29) is 0 Å². The second-order valence-corrected chi connectivity index (χ2v) is 4.48. The summed E-state index contributed by atoms with van der Waals surface area (Å²) in [4.78, 5) is 32.6. The Morgan fingerprint density at radius 1 is 1.30 bits per heavy atom. The van der Waals surface area contributed by atoms with Crippen molar-refractivity contribution in [3.05, 3.63) is 39.4 Å². The molecule has 0 saturated heterocycles. The van der Waals surface area contributed by atoms with E-state index in [2.05, 4.69) is 5.32 Å². The lowest BCUT2D eigenvalue weighted by Gasteiger charge is -2.22. The van der Waals surface area contributed by atoms with Crippen molar-refractivity contribution in [1.82, 2.24) is 5.32 Å². The number of carbonyl (C=O) groups excluding carboxylic acids is 2. The van der Waals surface area contributed by atoms with E-state index in [0.29, 0.717) is 12.1 Å². The summed E-state index contributed by atoms with van der Waals surface area (Å²) in [6.07, 6.45) is 0. The summed E-state index contributed by atoms with van der Waals surface area (Å²) in [6, 6.07) is 0.682. The lowest BCUT2D eigenvalue weighted by molar-refractivity contribution is -0.385. The Bertz CT molecular complexity index is 602. The van der Waals surface area contributed by atoms with E-state index in [0.717, 1.165) is 0 Å². The monoisotopic (exact) mass is 287 g/mol. The number of nitro groups is 1. The second-order valence-electron chi connectivity index (χ2n) is 4.48. The summed E-state index contributed by atoms with van der Waals surface area (Å²) in [5.41, 5.74) is 1.90. The standard InChI is InChI=1S/C11H11F2N3O4/c1-11(2,10(14)18)15-9(17)5-3-6(12)7(13)4-8(5)16(19)20/h3-4H,1-2H3,(H2,14,18)(H,15,17). The summed E-state index contributed by atoms with van der Waals surface area (Å²) >= 11 is 0. The first-order valence-electron chi connectivity index (χ1n) is 5.32. The van der Waals surface area contributed by atoms with Crippen LogP contribution >= 0.6 is 0 Å². The van der Waals surface area contributed by atoms with Gasteiger partial charge in [-0.1, -0.05) is 0 Å². The van der Waals surface area contributed by atoms with Gasteiger partial charge in [-0.05, 0) is 19.9 Å². The molecule has 0 aliphatic heterocycles. The predicted octanol–water partition coefficient (Wildman–Crippen LogP) is 0.867. The zero-order valence-electron chi connectivity index (χ0n) is 10.6. The molecule has 9 heteroatoms. The van der Waals surface area contributed by atoms with Gasteiger partial charge in [-0.2, -0.15) is 0 Å². The molecule has 0 spiro atoms. The minimum Gasteiger partial charge on any atom is -0.368 e. The number of nitrogens with two attached hydrogens (primary N) is 1. The first-order valence-corrected chi connectivity index (χ1v) is 5.32. The third-order valence-corrected chi connectivity index (χ3v) is 2.52. The number of hydrogen-bond donors (Lipinski definition) is 2. The third-order valence-electron chi connectivity index (χ3n) is 2.52. The highest BCUT2D eigenvalue weighted by molar-refractivity contribution is 6.01. The molecule has 3 N–H and O–H groups in total. The van der Waals surface area contributed by atoms with Gasteiger partial charge in [0.2, 0.25) is 5.91 Å². The van der Waals surface area contributed by atoms with Crippen LogP contribution in [0, 0.1) is 21.7 Å². The minimum absolute atomic E-state index is 0.293. The van der Waals surface area contributed by atoms with Gasteiger partial charge in [0.15, 0.2) is 11.6 Å². The number of halogens is 2.